The van der Waals surface area contributed by atoms with Crippen molar-refractivity contribution in [3.8, 4) is 0 Å². The van der Waals surface area contributed by atoms with Gasteiger partial charge in [-0.05, 0) is 20.3 Å². The standard InChI is InChI=1S/C16H34O4S/c1-4-5-6-7-8-9-10-11-12-13-14-15-16(2,3)20-21(17,18)19/h4-15H2,1-3H3,(H,17,18,19). The molecule has 0 spiro atoms. The molecule has 0 aromatic carbocycles. The molecule has 0 unspecified atom stereocenters. The molecule has 0 saturated heterocycles. The van der Waals surface area contributed by atoms with E-state index in [-0.39, 0.29) is 0 Å². The SMILES string of the molecule is CCCCCCCCCCCCCC(C)(C)OS(=O)(=O)O. The van der Waals surface area contributed by atoms with E-state index in [1.54, 1.807) is 13.8 Å². The summed E-state index contributed by atoms with van der Waals surface area (Å²) in [5.74, 6) is 0. The fourth-order valence-corrected chi connectivity index (χ4v) is 3.20. The zero-order valence-corrected chi connectivity index (χ0v) is 14.9. The summed E-state index contributed by atoms with van der Waals surface area (Å²) in [6.45, 7) is 5.62. The molecule has 4 nitrogen and oxygen atoms in total. The maximum atomic E-state index is 10.7. The third kappa shape index (κ3) is 16.1. The second kappa shape index (κ2) is 11.4. The van der Waals surface area contributed by atoms with Gasteiger partial charge in [-0.25, -0.2) is 4.18 Å². The largest absolute Gasteiger partial charge is 0.397 e. The van der Waals surface area contributed by atoms with Crippen molar-refractivity contribution in [2.75, 3.05) is 0 Å². The van der Waals surface area contributed by atoms with Gasteiger partial charge in [-0.15, -0.1) is 0 Å². The summed E-state index contributed by atoms with van der Waals surface area (Å²) in [7, 11) is -4.35. The van der Waals surface area contributed by atoms with Crippen LogP contribution in [-0.4, -0.2) is 18.6 Å². The van der Waals surface area contributed by atoms with E-state index in [2.05, 4.69) is 11.1 Å². The highest BCUT2D eigenvalue weighted by Gasteiger charge is 2.24. The van der Waals surface area contributed by atoms with Crippen molar-refractivity contribution in [2.24, 2.45) is 0 Å². The van der Waals surface area contributed by atoms with Gasteiger partial charge in [-0.3, -0.25) is 4.55 Å². The van der Waals surface area contributed by atoms with E-state index < -0.39 is 16.0 Å². The zero-order valence-electron chi connectivity index (χ0n) is 14.1. The summed E-state index contributed by atoms with van der Waals surface area (Å²) in [6, 6.07) is 0. The van der Waals surface area contributed by atoms with Crippen LogP contribution in [0.15, 0.2) is 0 Å². The van der Waals surface area contributed by atoms with Crippen molar-refractivity contribution in [1.29, 1.82) is 0 Å². The number of hydrogen-bond donors (Lipinski definition) is 1. The van der Waals surface area contributed by atoms with Gasteiger partial charge in [0, 0.05) is 0 Å². The van der Waals surface area contributed by atoms with E-state index in [0.29, 0.717) is 6.42 Å². The van der Waals surface area contributed by atoms with Crippen LogP contribution in [0.4, 0.5) is 0 Å². The Kier molecular flexibility index (Phi) is 11.4. The third-order valence-electron chi connectivity index (χ3n) is 3.71. The first-order valence-corrected chi connectivity index (χ1v) is 9.81. The molecule has 0 aromatic rings. The van der Waals surface area contributed by atoms with Gasteiger partial charge < -0.3 is 0 Å². The maximum Gasteiger partial charge on any atom is 0.397 e. The summed E-state index contributed by atoms with van der Waals surface area (Å²) < 4.78 is 34.7. The molecule has 0 saturated carbocycles. The highest BCUT2D eigenvalue weighted by atomic mass is 32.3. The third-order valence-corrected chi connectivity index (χ3v) is 4.38. The van der Waals surface area contributed by atoms with E-state index in [1.807, 2.05) is 0 Å². The minimum absolute atomic E-state index is 0.643. The molecule has 0 heterocycles. The average molecular weight is 323 g/mol. The van der Waals surface area contributed by atoms with E-state index in [0.717, 1.165) is 12.8 Å². The first kappa shape index (κ1) is 20.9. The molecule has 0 radical (unpaired) electrons. The number of rotatable bonds is 14. The van der Waals surface area contributed by atoms with Gasteiger partial charge in [0.25, 0.3) is 0 Å². The van der Waals surface area contributed by atoms with Crippen molar-refractivity contribution < 1.29 is 17.2 Å². The molecule has 21 heavy (non-hydrogen) atoms. The molecule has 0 atom stereocenters. The van der Waals surface area contributed by atoms with Crippen molar-refractivity contribution >= 4 is 10.4 Å². The monoisotopic (exact) mass is 322 g/mol. The summed E-state index contributed by atoms with van der Waals surface area (Å²) >= 11 is 0. The fourth-order valence-electron chi connectivity index (χ4n) is 2.54. The van der Waals surface area contributed by atoms with Crippen LogP contribution in [0.25, 0.3) is 0 Å². The second-order valence-corrected chi connectivity index (χ2v) is 7.58. The van der Waals surface area contributed by atoms with Crippen LogP contribution in [0.5, 0.6) is 0 Å². The normalized spacial score (nSPS) is 12.8. The van der Waals surface area contributed by atoms with Gasteiger partial charge >= 0.3 is 10.4 Å². The lowest BCUT2D eigenvalue weighted by molar-refractivity contribution is 0.0876. The van der Waals surface area contributed by atoms with Crippen molar-refractivity contribution in [3.05, 3.63) is 0 Å². The van der Waals surface area contributed by atoms with Crippen LogP contribution in [0.1, 0.15) is 97.8 Å². The quantitative estimate of drug-likeness (QED) is 0.349. The minimum Gasteiger partial charge on any atom is -0.264 e. The van der Waals surface area contributed by atoms with Crippen molar-refractivity contribution in [2.45, 2.75) is 103 Å². The molecule has 128 valence electrons. The molecule has 0 rings (SSSR count). The zero-order chi connectivity index (χ0) is 16.2. The van der Waals surface area contributed by atoms with E-state index >= 15 is 0 Å². The smallest absolute Gasteiger partial charge is 0.264 e. The first-order chi connectivity index (χ1) is 9.77. The predicted octanol–water partition coefficient (Wildman–Crippen LogP) is 5.29. The predicted molar refractivity (Wildman–Crippen MR) is 87.8 cm³/mol. The van der Waals surface area contributed by atoms with Gasteiger partial charge in [-0.1, -0.05) is 77.6 Å². The van der Waals surface area contributed by atoms with Crippen LogP contribution in [0.2, 0.25) is 0 Å². The van der Waals surface area contributed by atoms with Crippen molar-refractivity contribution in [3.63, 3.8) is 0 Å². The van der Waals surface area contributed by atoms with Crippen LogP contribution in [0, 0.1) is 0 Å². The molecule has 1 N–H and O–H groups in total. The first-order valence-electron chi connectivity index (χ1n) is 8.45. The molecule has 0 aliphatic heterocycles. The molecule has 0 amide bonds. The average Bonchev–Trinajstić information content (AvgIpc) is 2.33. The summed E-state index contributed by atoms with van der Waals surface area (Å²) in [4.78, 5) is 0. The summed E-state index contributed by atoms with van der Waals surface area (Å²) in [5.41, 5.74) is -0.813. The van der Waals surface area contributed by atoms with Crippen LogP contribution < -0.4 is 0 Å². The lowest BCUT2D eigenvalue weighted by Gasteiger charge is -2.22. The Morgan fingerprint density at radius 1 is 0.810 bits per heavy atom. The number of unbranched alkanes of at least 4 members (excludes halogenated alkanes) is 10. The van der Waals surface area contributed by atoms with E-state index in [4.69, 9.17) is 4.55 Å². The van der Waals surface area contributed by atoms with Crippen LogP contribution in [-0.2, 0) is 14.6 Å². The Bertz CT molecular complexity index is 336. The van der Waals surface area contributed by atoms with E-state index in [9.17, 15) is 8.42 Å². The van der Waals surface area contributed by atoms with Crippen LogP contribution in [0.3, 0.4) is 0 Å². The topological polar surface area (TPSA) is 63.6 Å². The molecule has 0 aliphatic rings. The van der Waals surface area contributed by atoms with Crippen molar-refractivity contribution in [1.82, 2.24) is 0 Å². The lowest BCUT2D eigenvalue weighted by atomic mass is 9.99. The molecule has 0 aromatic heterocycles. The Labute approximate surface area is 131 Å². The molecule has 0 bridgehead atoms. The van der Waals surface area contributed by atoms with E-state index in [1.165, 1.54) is 57.8 Å². The molecule has 0 fully saturated rings. The van der Waals surface area contributed by atoms with Gasteiger partial charge in [0.15, 0.2) is 0 Å². The Morgan fingerprint density at radius 2 is 1.19 bits per heavy atom. The molecular formula is C16H34O4S. The highest BCUT2D eigenvalue weighted by Crippen LogP contribution is 2.21. The lowest BCUT2D eigenvalue weighted by Crippen LogP contribution is -2.27. The van der Waals surface area contributed by atoms with Gasteiger partial charge in [0.1, 0.15) is 0 Å². The minimum atomic E-state index is -4.35. The maximum absolute atomic E-state index is 10.7. The Hall–Kier alpha value is -0.130. The number of hydrogen-bond acceptors (Lipinski definition) is 3. The highest BCUT2D eigenvalue weighted by molar-refractivity contribution is 7.80. The van der Waals surface area contributed by atoms with Gasteiger partial charge in [0.05, 0.1) is 5.60 Å². The van der Waals surface area contributed by atoms with Gasteiger partial charge in [0.2, 0.25) is 0 Å². The Balaban J connectivity index is 3.40. The second-order valence-electron chi connectivity index (χ2n) is 6.56. The van der Waals surface area contributed by atoms with Gasteiger partial charge in [-0.2, -0.15) is 8.42 Å². The molecular weight excluding hydrogens is 288 g/mol. The van der Waals surface area contributed by atoms with Crippen LogP contribution >= 0.6 is 0 Å². The fraction of sp³-hybridized carbons (Fsp3) is 1.00. The molecule has 0 aliphatic carbocycles. The summed E-state index contributed by atoms with van der Waals surface area (Å²) in [6.07, 6.45) is 14.5. The Morgan fingerprint density at radius 3 is 1.57 bits per heavy atom. The summed E-state index contributed by atoms with van der Waals surface area (Å²) in [5, 5.41) is 0. The molecule has 5 heteroatoms.